The van der Waals surface area contributed by atoms with Crippen molar-refractivity contribution in [2.45, 2.75) is 57.5 Å². The number of nitrogens with zero attached hydrogens (tertiary/aromatic N) is 1. The highest BCUT2D eigenvalue weighted by Gasteiger charge is 2.43. The van der Waals surface area contributed by atoms with Crippen molar-refractivity contribution in [1.82, 2.24) is 4.90 Å². The van der Waals surface area contributed by atoms with Gasteiger partial charge in [-0.15, -0.1) is 0 Å². The Labute approximate surface area is 249 Å². The highest BCUT2D eigenvalue weighted by Crippen LogP contribution is 2.51. The standard InChI is InChI=1S/C31H32Cl3NO5/c1-38-13-5-12-35-23-6-3-8-25(36)29(23)28(30-24(35)7-4-9-26(30)37)19-14-22(34)31(27(15-19)39-2)40-17-18-10-11-20(32)16-21(18)33/h10-11,14-16,28H,3-9,12-13,17H2,1-2H3. The van der Waals surface area contributed by atoms with E-state index in [-0.39, 0.29) is 18.2 Å². The lowest BCUT2D eigenvalue weighted by Gasteiger charge is -2.44. The molecule has 6 nitrogen and oxygen atoms in total. The van der Waals surface area contributed by atoms with Crippen LogP contribution < -0.4 is 9.47 Å². The van der Waals surface area contributed by atoms with Crippen LogP contribution in [0.1, 0.15) is 62.0 Å². The van der Waals surface area contributed by atoms with E-state index in [2.05, 4.69) is 4.90 Å². The third-order valence-electron chi connectivity index (χ3n) is 7.79. The fourth-order valence-electron chi connectivity index (χ4n) is 6.02. The first-order valence-electron chi connectivity index (χ1n) is 13.6. The van der Waals surface area contributed by atoms with Crippen molar-refractivity contribution in [1.29, 1.82) is 0 Å². The zero-order chi connectivity index (χ0) is 28.4. The predicted octanol–water partition coefficient (Wildman–Crippen LogP) is 7.68. The Balaban J connectivity index is 1.57. The van der Waals surface area contributed by atoms with Gasteiger partial charge in [0.25, 0.3) is 0 Å². The van der Waals surface area contributed by atoms with Crippen LogP contribution in [0.3, 0.4) is 0 Å². The number of Topliss-reactive ketones (excluding diaryl/α,β-unsaturated/α-hetero) is 2. The van der Waals surface area contributed by atoms with Gasteiger partial charge in [-0.1, -0.05) is 40.9 Å². The average molecular weight is 605 g/mol. The van der Waals surface area contributed by atoms with Gasteiger partial charge in [0, 0.05) is 77.2 Å². The van der Waals surface area contributed by atoms with Crippen molar-refractivity contribution in [3.63, 3.8) is 0 Å². The van der Waals surface area contributed by atoms with E-state index in [0.717, 1.165) is 54.6 Å². The molecule has 3 aliphatic rings. The Morgan fingerprint density at radius 3 is 2.15 bits per heavy atom. The van der Waals surface area contributed by atoms with Gasteiger partial charge in [-0.3, -0.25) is 9.59 Å². The van der Waals surface area contributed by atoms with Crippen LogP contribution in [0.2, 0.25) is 15.1 Å². The molecule has 5 rings (SSSR count). The molecule has 2 aromatic carbocycles. The highest BCUT2D eigenvalue weighted by molar-refractivity contribution is 6.35. The van der Waals surface area contributed by atoms with Crippen molar-refractivity contribution in [3.05, 3.63) is 79.1 Å². The lowest BCUT2D eigenvalue weighted by molar-refractivity contribution is -0.117. The number of rotatable bonds is 9. The zero-order valence-corrected chi connectivity index (χ0v) is 24.9. The normalized spacial score (nSPS) is 17.8. The number of hydrogen-bond acceptors (Lipinski definition) is 6. The van der Waals surface area contributed by atoms with Gasteiger partial charge in [-0.25, -0.2) is 0 Å². The van der Waals surface area contributed by atoms with E-state index in [1.807, 2.05) is 6.07 Å². The first kappa shape index (κ1) is 29.0. The fourth-order valence-corrected chi connectivity index (χ4v) is 6.76. The minimum absolute atomic E-state index is 0.0840. The number of halogens is 3. The smallest absolute Gasteiger partial charge is 0.180 e. The number of hydrogen-bond donors (Lipinski definition) is 0. The van der Waals surface area contributed by atoms with Gasteiger partial charge in [0.2, 0.25) is 0 Å². The molecule has 0 amide bonds. The quantitative estimate of drug-likeness (QED) is 0.274. The molecular weight excluding hydrogens is 573 g/mol. The molecule has 0 atom stereocenters. The van der Waals surface area contributed by atoms with Crippen LogP contribution in [0.4, 0.5) is 0 Å². The summed E-state index contributed by atoms with van der Waals surface area (Å²) in [6.45, 7) is 1.48. The van der Waals surface area contributed by atoms with Gasteiger partial charge in [-0.05, 0) is 61.9 Å². The second-order valence-electron chi connectivity index (χ2n) is 10.3. The Hall–Kier alpha value is -2.51. The molecule has 1 heterocycles. The van der Waals surface area contributed by atoms with Crippen molar-refractivity contribution in [3.8, 4) is 11.5 Å². The molecule has 2 aliphatic carbocycles. The largest absolute Gasteiger partial charge is 0.493 e. The highest BCUT2D eigenvalue weighted by atomic mass is 35.5. The summed E-state index contributed by atoms with van der Waals surface area (Å²) >= 11 is 19.2. The van der Waals surface area contributed by atoms with E-state index in [9.17, 15) is 9.59 Å². The van der Waals surface area contributed by atoms with Gasteiger partial charge < -0.3 is 19.1 Å². The number of carbonyl (C=O) groups is 2. The SMILES string of the molecule is COCCCN1C2=C(C(=O)CCC2)C(c2cc(Cl)c(OCc3ccc(Cl)cc3Cl)c(OC)c2)C2=C1CCCC2=O. The molecule has 0 radical (unpaired) electrons. The minimum Gasteiger partial charge on any atom is -0.493 e. The molecule has 0 fully saturated rings. The fraction of sp³-hybridized carbons (Fsp3) is 0.419. The number of allylic oxidation sites excluding steroid dienone is 4. The Kier molecular flexibility index (Phi) is 9.11. The second kappa shape index (κ2) is 12.6. The third-order valence-corrected chi connectivity index (χ3v) is 8.66. The van der Waals surface area contributed by atoms with Crippen LogP contribution in [0.25, 0.3) is 0 Å². The first-order chi connectivity index (χ1) is 19.3. The maximum atomic E-state index is 13.5. The van der Waals surface area contributed by atoms with Crippen LogP contribution in [-0.2, 0) is 20.9 Å². The van der Waals surface area contributed by atoms with Gasteiger partial charge >= 0.3 is 0 Å². The maximum absolute atomic E-state index is 13.5. The summed E-state index contributed by atoms with van der Waals surface area (Å²) in [5, 5.41) is 1.36. The number of carbonyl (C=O) groups excluding carboxylic acids is 2. The van der Waals surface area contributed by atoms with Crippen LogP contribution in [0.5, 0.6) is 11.5 Å². The van der Waals surface area contributed by atoms with Crippen LogP contribution in [0, 0.1) is 0 Å². The van der Waals surface area contributed by atoms with E-state index in [0.29, 0.717) is 63.7 Å². The van der Waals surface area contributed by atoms with Gasteiger partial charge in [0.05, 0.1) is 12.1 Å². The monoisotopic (exact) mass is 603 g/mol. The van der Waals surface area contributed by atoms with E-state index in [1.165, 1.54) is 0 Å². The predicted molar refractivity (Wildman–Crippen MR) is 157 cm³/mol. The average Bonchev–Trinajstić information content (AvgIpc) is 2.93. The Morgan fingerprint density at radius 2 is 1.55 bits per heavy atom. The Bertz CT molecular complexity index is 1360. The number of benzene rings is 2. The molecule has 0 saturated carbocycles. The summed E-state index contributed by atoms with van der Waals surface area (Å²) < 4.78 is 17.1. The number of ketones is 2. The molecule has 0 N–H and O–H groups in total. The molecule has 2 aromatic rings. The van der Waals surface area contributed by atoms with E-state index < -0.39 is 5.92 Å². The summed E-state index contributed by atoms with van der Waals surface area (Å²) in [6, 6.07) is 8.84. The van der Waals surface area contributed by atoms with E-state index in [1.54, 1.807) is 38.5 Å². The molecule has 0 spiro atoms. The summed E-state index contributed by atoms with van der Waals surface area (Å²) in [7, 11) is 3.23. The molecule has 0 aromatic heterocycles. The molecule has 0 bridgehead atoms. The van der Waals surface area contributed by atoms with Gasteiger partial charge in [0.1, 0.15) is 6.61 Å². The van der Waals surface area contributed by atoms with Crippen LogP contribution in [0.15, 0.2) is 52.9 Å². The number of ether oxygens (including phenoxy) is 3. The summed E-state index contributed by atoms with van der Waals surface area (Å²) in [6.07, 6.45) is 4.92. The first-order valence-corrected chi connectivity index (χ1v) is 14.7. The van der Waals surface area contributed by atoms with Crippen molar-refractivity contribution in [2.75, 3.05) is 27.4 Å². The van der Waals surface area contributed by atoms with Crippen LogP contribution >= 0.6 is 34.8 Å². The van der Waals surface area contributed by atoms with Crippen molar-refractivity contribution >= 4 is 46.4 Å². The summed E-state index contributed by atoms with van der Waals surface area (Å²) in [5.41, 5.74) is 4.96. The Morgan fingerprint density at radius 1 is 0.875 bits per heavy atom. The molecule has 1 aliphatic heterocycles. The molecule has 0 saturated heterocycles. The summed E-state index contributed by atoms with van der Waals surface area (Å²) in [4.78, 5) is 29.3. The van der Waals surface area contributed by atoms with Crippen molar-refractivity contribution < 1.29 is 23.8 Å². The lowest BCUT2D eigenvalue weighted by atomic mass is 9.71. The van der Waals surface area contributed by atoms with E-state index in [4.69, 9.17) is 49.0 Å². The lowest BCUT2D eigenvalue weighted by Crippen LogP contribution is -2.39. The molecule has 0 unspecified atom stereocenters. The second-order valence-corrected chi connectivity index (χ2v) is 11.5. The molecule has 212 valence electrons. The topological polar surface area (TPSA) is 65.1 Å². The number of methoxy groups -OCH3 is 2. The van der Waals surface area contributed by atoms with Crippen LogP contribution in [-0.4, -0.2) is 43.8 Å². The molecular formula is C31H32Cl3NO5. The molecule has 40 heavy (non-hydrogen) atoms. The molecule has 9 heteroatoms. The zero-order valence-electron chi connectivity index (χ0n) is 22.7. The minimum atomic E-state index is -0.490. The van der Waals surface area contributed by atoms with Gasteiger partial charge in [-0.2, -0.15) is 0 Å². The summed E-state index contributed by atoms with van der Waals surface area (Å²) in [5.74, 6) is 0.465. The van der Waals surface area contributed by atoms with Gasteiger partial charge in [0.15, 0.2) is 23.1 Å². The van der Waals surface area contributed by atoms with E-state index >= 15 is 0 Å². The third kappa shape index (κ3) is 5.64. The maximum Gasteiger partial charge on any atom is 0.180 e. The van der Waals surface area contributed by atoms with Crippen molar-refractivity contribution in [2.24, 2.45) is 0 Å².